The van der Waals surface area contributed by atoms with Crippen LogP contribution in [0, 0.1) is 0 Å². The Morgan fingerprint density at radius 2 is 2.05 bits per heavy atom. The average molecular weight is 334 g/mol. The lowest BCUT2D eigenvalue weighted by molar-refractivity contribution is -0.139. The predicted molar refractivity (Wildman–Crippen MR) is 79.0 cm³/mol. The fraction of sp³-hybridized carbons (Fsp3) is 0.500. The predicted octanol–water partition coefficient (Wildman–Crippen LogP) is 0.982. The Balaban J connectivity index is 3.05. The first-order valence-corrected chi connectivity index (χ1v) is 8.57. The maximum Gasteiger partial charge on any atom is 0.326 e. The van der Waals surface area contributed by atoms with E-state index in [1.54, 1.807) is 6.92 Å². The number of nitrogens with one attached hydrogen (secondary N) is 1. The average Bonchev–Trinajstić information content (AvgIpc) is 2.87. The molecular formula is C12H18N2O5S2. The third-order valence-electron chi connectivity index (χ3n) is 2.77. The maximum atomic E-state index is 12.1. The van der Waals surface area contributed by atoms with Gasteiger partial charge in [0.05, 0.1) is 0 Å². The van der Waals surface area contributed by atoms with Crippen molar-refractivity contribution < 1.29 is 23.1 Å². The van der Waals surface area contributed by atoms with Gasteiger partial charge in [-0.15, -0.1) is 11.3 Å². The number of carboxylic acids is 1. The van der Waals surface area contributed by atoms with Gasteiger partial charge < -0.3 is 10.4 Å². The van der Waals surface area contributed by atoms with Gasteiger partial charge in [-0.25, -0.2) is 17.5 Å². The first-order chi connectivity index (χ1) is 9.71. The fourth-order valence-electron chi connectivity index (χ4n) is 1.63. The molecule has 0 radical (unpaired) electrons. The number of amides is 1. The summed E-state index contributed by atoms with van der Waals surface area (Å²) in [7, 11) is -1.01. The van der Waals surface area contributed by atoms with Crippen LogP contribution in [0.4, 0.5) is 0 Å². The van der Waals surface area contributed by atoms with Crippen LogP contribution in [0.2, 0.25) is 0 Å². The molecule has 0 aromatic carbocycles. The summed E-state index contributed by atoms with van der Waals surface area (Å²) in [6.07, 6.45) is 0.868. The maximum absolute atomic E-state index is 12.1. The minimum Gasteiger partial charge on any atom is -0.480 e. The number of carboxylic acid groups (broad SMARTS) is 1. The highest BCUT2D eigenvalue weighted by molar-refractivity contribution is 7.89. The van der Waals surface area contributed by atoms with Crippen molar-refractivity contribution in [1.29, 1.82) is 0 Å². The Morgan fingerprint density at radius 3 is 2.52 bits per heavy atom. The monoisotopic (exact) mass is 334 g/mol. The second-order valence-corrected chi connectivity index (χ2v) is 7.59. The van der Waals surface area contributed by atoms with Gasteiger partial charge in [-0.05, 0) is 17.9 Å². The molecule has 118 valence electrons. The smallest absolute Gasteiger partial charge is 0.326 e. The van der Waals surface area contributed by atoms with Crippen LogP contribution >= 0.6 is 11.3 Å². The second kappa shape index (κ2) is 7.01. The number of rotatable bonds is 7. The lowest BCUT2D eigenvalue weighted by Gasteiger charge is -2.15. The van der Waals surface area contributed by atoms with E-state index in [1.807, 2.05) is 0 Å². The van der Waals surface area contributed by atoms with E-state index in [2.05, 4.69) is 5.32 Å². The van der Waals surface area contributed by atoms with E-state index in [1.165, 1.54) is 25.5 Å². The number of carbonyl (C=O) groups excluding carboxylic acids is 1. The Kier molecular flexibility index (Phi) is 5.87. The Bertz CT molecular complexity index is 621. The van der Waals surface area contributed by atoms with Gasteiger partial charge in [0.15, 0.2) is 0 Å². The number of carbonyl (C=O) groups is 2. The molecule has 21 heavy (non-hydrogen) atoms. The molecule has 0 bridgehead atoms. The molecule has 1 aromatic rings. The summed E-state index contributed by atoms with van der Waals surface area (Å²) in [6.45, 7) is 1.80. The molecule has 1 amide bonds. The van der Waals surface area contributed by atoms with Crippen LogP contribution in [0.1, 0.15) is 29.4 Å². The molecule has 0 saturated carbocycles. The van der Waals surface area contributed by atoms with Crippen molar-refractivity contribution in [2.24, 2.45) is 0 Å². The number of sulfonamides is 1. The van der Waals surface area contributed by atoms with Gasteiger partial charge in [-0.1, -0.05) is 13.3 Å². The van der Waals surface area contributed by atoms with Crippen molar-refractivity contribution >= 4 is 33.2 Å². The zero-order valence-electron chi connectivity index (χ0n) is 12.0. The van der Waals surface area contributed by atoms with Gasteiger partial charge >= 0.3 is 5.97 Å². The van der Waals surface area contributed by atoms with Gasteiger partial charge in [0.2, 0.25) is 10.0 Å². The molecule has 0 aliphatic carbocycles. The molecule has 1 unspecified atom stereocenters. The first kappa shape index (κ1) is 17.6. The van der Waals surface area contributed by atoms with Crippen molar-refractivity contribution in [2.45, 2.75) is 30.7 Å². The highest BCUT2D eigenvalue weighted by Gasteiger charge is 2.28. The van der Waals surface area contributed by atoms with E-state index in [-0.39, 0.29) is 16.2 Å². The fourth-order valence-corrected chi connectivity index (χ4v) is 3.83. The van der Waals surface area contributed by atoms with Crippen molar-refractivity contribution in [3.63, 3.8) is 0 Å². The van der Waals surface area contributed by atoms with Crippen LogP contribution in [0.5, 0.6) is 0 Å². The Morgan fingerprint density at radius 1 is 1.43 bits per heavy atom. The summed E-state index contributed by atoms with van der Waals surface area (Å²) in [5, 5.41) is 12.9. The Labute approximate surface area is 127 Å². The molecule has 7 nitrogen and oxygen atoms in total. The van der Waals surface area contributed by atoms with E-state index in [9.17, 15) is 18.0 Å². The number of hydrogen-bond donors (Lipinski definition) is 2. The molecule has 0 aliphatic rings. The summed E-state index contributed by atoms with van der Waals surface area (Å²) in [4.78, 5) is 23.1. The third kappa shape index (κ3) is 4.02. The molecule has 0 saturated heterocycles. The van der Waals surface area contributed by atoms with Crippen LogP contribution < -0.4 is 5.32 Å². The number of thiophene rings is 1. The zero-order chi connectivity index (χ0) is 16.2. The van der Waals surface area contributed by atoms with Gasteiger partial charge in [0.25, 0.3) is 5.91 Å². The summed E-state index contributed by atoms with van der Waals surface area (Å²) >= 11 is 0.963. The number of hydrogen-bond acceptors (Lipinski definition) is 5. The molecule has 0 aliphatic heterocycles. The molecule has 9 heteroatoms. The molecular weight excluding hydrogens is 316 g/mol. The molecule has 0 fully saturated rings. The summed E-state index contributed by atoms with van der Waals surface area (Å²) < 4.78 is 25.2. The zero-order valence-corrected chi connectivity index (χ0v) is 13.6. The quantitative estimate of drug-likeness (QED) is 0.773. The minimum atomic E-state index is -3.74. The second-order valence-electron chi connectivity index (χ2n) is 4.55. The van der Waals surface area contributed by atoms with Crippen LogP contribution in [0.3, 0.4) is 0 Å². The van der Waals surface area contributed by atoms with Gasteiger partial charge in [0, 0.05) is 14.1 Å². The van der Waals surface area contributed by atoms with Crippen molar-refractivity contribution in [1.82, 2.24) is 9.62 Å². The van der Waals surface area contributed by atoms with Crippen LogP contribution in [-0.2, 0) is 14.8 Å². The van der Waals surface area contributed by atoms with Crippen LogP contribution in [0.25, 0.3) is 0 Å². The van der Waals surface area contributed by atoms with Gasteiger partial charge in [-0.3, -0.25) is 4.79 Å². The molecule has 1 atom stereocenters. The third-order valence-corrected chi connectivity index (χ3v) is 5.67. The normalized spacial score (nSPS) is 13.1. The lowest BCUT2D eigenvalue weighted by atomic mass is 10.1. The van der Waals surface area contributed by atoms with Gasteiger partial charge in [0.1, 0.15) is 15.8 Å². The van der Waals surface area contributed by atoms with Crippen molar-refractivity contribution in [2.75, 3.05) is 14.1 Å². The highest BCUT2D eigenvalue weighted by Crippen LogP contribution is 2.24. The van der Waals surface area contributed by atoms with Crippen molar-refractivity contribution in [3.05, 3.63) is 16.3 Å². The first-order valence-electron chi connectivity index (χ1n) is 6.25. The molecule has 1 aromatic heterocycles. The van der Waals surface area contributed by atoms with Crippen LogP contribution in [0.15, 0.2) is 16.3 Å². The highest BCUT2D eigenvalue weighted by atomic mass is 32.2. The lowest BCUT2D eigenvalue weighted by Crippen LogP contribution is -2.41. The molecule has 1 rings (SSSR count). The Hall–Kier alpha value is -1.45. The summed E-state index contributed by atoms with van der Waals surface area (Å²) in [6, 6.07) is 0.310. The van der Waals surface area contributed by atoms with E-state index in [4.69, 9.17) is 5.11 Å². The number of nitrogens with zero attached hydrogens (tertiary/aromatic N) is 1. The summed E-state index contributed by atoms with van der Waals surface area (Å²) in [5.41, 5.74) is 0. The molecule has 0 spiro atoms. The summed E-state index contributed by atoms with van der Waals surface area (Å²) in [5.74, 6) is -1.83. The van der Waals surface area contributed by atoms with E-state index in [0.29, 0.717) is 6.42 Å². The number of aliphatic carboxylic acids is 1. The SMILES string of the molecule is CCCC(NC(=O)c1sccc1S(=O)(=O)N(C)C)C(=O)O. The van der Waals surface area contributed by atoms with E-state index in [0.717, 1.165) is 15.6 Å². The van der Waals surface area contributed by atoms with Crippen molar-refractivity contribution in [3.8, 4) is 0 Å². The van der Waals surface area contributed by atoms with E-state index >= 15 is 0 Å². The standard InChI is InChI=1S/C12H18N2O5S2/c1-4-5-8(12(16)17)13-11(15)10-9(6-7-20-10)21(18,19)14(2)3/h6-8H,4-5H2,1-3H3,(H,13,15)(H,16,17). The topological polar surface area (TPSA) is 104 Å². The molecule has 1 heterocycles. The minimum absolute atomic E-state index is 0.00828. The largest absolute Gasteiger partial charge is 0.480 e. The van der Waals surface area contributed by atoms with Crippen LogP contribution in [-0.4, -0.2) is 49.8 Å². The molecule has 2 N–H and O–H groups in total. The van der Waals surface area contributed by atoms with Gasteiger partial charge in [-0.2, -0.15) is 0 Å². The van der Waals surface area contributed by atoms with E-state index < -0.39 is 27.9 Å².